The van der Waals surface area contributed by atoms with Crippen LogP contribution in [0.15, 0.2) is 47.5 Å². The molecule has 0 fully saturated rings. The second-order valence-corrected chi connectivity index (χ2v) is 6.87. The maximum Gasteiger partial charge on any atom is 0.221 e. The van der Waals surface area contributed by atoms with E-state index in [1.165, 1.54) is 13.0 Å². The van der Waals surface area contributed by atoms with E-state index < -0.39 is 0 Å². The van der Waals surface area contributed by atoms with Crippen molar-refractivity contribution in [3.8, 4) is 0 Å². The van der Waals surface area contributed by atoms with E-state index in [-0.39, 0.29) is 11.7 Å². The Morgan fingerprint density at radius 3 is 2.59 bits per heavy atom. The number of rotatable bonds is 7. The van der Waals surface area contributed by atoms with Gasteiger partial charge in [0.25, 0.3) is 0 Å². The summed E-state index contributed by atoms with van der Waals surface area (Å²) in [6.45, 7) is 2.60. The third-order valence-electron chi connectivity index (χ3n) is 3.85. The monoisotopic (exact) mass is 388 g/mol. The number of halogens is 1. The molecule has 0 heterocycles. The van der Waals surface area contributed by atoms with Crippen molar-refractivity contribution in [1.29, 1.82) is 0 Å². The molecule has 0 aliphatic carbocycles. The van der Waals surface area contributed by atoms with E-state index in [9.17, 15) is 9.18 Å². The fraction of sp³-hybridized carbons (Fsp3) is 0.300. The summed E-state index contributed by atoms with van der Waals surface area (Å²) in [7, 11) is 1.70. The van der Waals surface area contributed by atoms with Crippen molar-refractivity contribution >= 4 is 29.3 Å². The Hall–Kier alpha value is -2.54. The van der Waals surface area contributed by atoms with Crippen molar-refractivity contribution in [2.75, 3.05) is 18.6 Å². The van der Waals surface area contributed by atoms with Crippen LogP contribution >= 0.6 is 11.8 Å². The van der Waals surface area contributed by atoms with Crippen LogP contribution in [-0.4, -0.2) is 25.2 Å². The average molecular weight is 389 g/mol. The zero-order valence-corrected chi connectivity index (χ0v) is 16.6. The van der Waals surface area contributed by atoms with Crippen molar-refractivity contribution in [3.05, 3.63) is 65.0 Å². The Balaban J connectivity index is 1.94. The van der Waals surface area contributed by atoms with Crippen molar-refractivity contribution in [2.24, 2.45) is 4.99 Å². The zero-order valence-electron chi connectivity index (χ0n) is 15.8. The molecule has 0 aliphatic rings. The molecule has 0 atom stereocenters. The quantitative estimate of drug-likeness (QED) is 0.502. The van der Waals surface area contributed by atoms with Gasteiger partial charge >= 0.3 is 0 Å². The lowest BCUT2D eigenvalue weighted by Crippen LogP contribution is -2.36. The molecule has 3 N–H and O–H groups in total. The molecule has 7 heteroatoms. The molecule has 27 heavy (non-hydrogen) atoms. The van der Waals surface area contributed by atoms with Gasteiger partial charge in [-0.05, 0) is 47.2 Å². The van der Waals surface area contributed by atoms with Gasteiger partial charge in [0.05, 0.1) is 0 Å². The SMILES string of the molecule is CN=C(NCc1cccc(NC(C)=O)c1)NCc1ccc(F)cc1CSC. The van der Waals surface area contributed by atoms with Crippen molar-refractivity contribution in [1.82, 2.24) is 10.6 Å². The van der Waals surface area contributed by atoms with Crippen LogP contribution in [0.2, 0.25) is 0 Å². The molecule has 0 unspecified atom stereocenters. The third kappa shape index (κ3) is 6.94. The van der Waals surface area contributed by atoms with Gasteiger partial charge in [0, 0.05) is 38.5 Å². The highest BCUT2D eigenvalue weighted by atomic mass is 32.2. The summed E-state index contributed by atoms with van der Waals surface area (Å²) in [5, 5.41) is 9.28. The van der Waals surface area contributed by atoms with Crippen LogP contribution in [0.25, 0.3) is 0 Å². The second kappa shape index (κ2) is 10.6. The summed E-state index contributed by atoms with van der Waals surface area (Å²) in [6.07, 6.45) is 2.00. The third-order valence-corrected chi connectivity index (χ3v) is 4.45. The Morgan fingerprint density at radius 1 is 1.11 bits per heavy atom. The highest BCUT2D eigenvalue weighted by molar-refractivity contribution is 7.97. The normalized spacial score (nSPS) is 11.2. The molecular formula is C20H25FN4OS. The summed E-state index contributed by atoms with van der Waals surface area (Å²) in [4.78, 5) is 15.4. The smallest absolute Gasteiger partial charge is 0.221 e. The number of carbonyl (C=O) groups excluding carboxylic acids is 1. The van der Waals surface area contributed by atoms with E-state index in [1.807, 2.05) is 30.5 Å². The van der Waals surface area contributed by atoms with Crippen molar-refractivity contribution in [2.45, 2.75) is 25.8 Å². The van der Waals surface area contributed by atoms with Crippen LogP contribution in [0.5, 0.6) is 0 Å². The summed E-state index contributed by atoms with van der Waals surface area (Å²) in [5.41, 5.74) is 3.81. The molecule has 0 saturated heterocycles. The van der Waals surface area contributed by atoms with Gasteiger partial charge in [-0.2, -0.15) is 11.8 Å². The van der Waals surface area contributed by atoms with E-state index in [0.29, 0.717) is 19.0 Å². The molecule has 144 valence electrons. The van der Waals surface area contributed by atoms with Gasteiger partial charge in [-0.3, -0.25) is 9.79 Å². The lowest BCUT2D eigenvalue weighted by molar-refractivity contribution is -0.114. The van der Waals surface area contributed by atoms with E-state index >= 15 is 0 Å². The number of amides is 1. The summed E-state index contributed by atoms with van der Waals surface area (Å²) < 4.78 is 13.5. The summed E-state index contributed by atoms with van der Waals surface area (Å²) in [6, 6.07) is 12.5. The average Bonchev–Trinajstić information content (AvgIpc) is 2.63. The van der Waals surface area contributed by atoms with E-state index in [2.05, 4.69) is 20.9 Å². The fourth-order valence-electron chi connectivity index (χ4n) is 2.60. The van der Waals surface area contributed by atoms with Gasteiger partial charge < -0.3 is 16.0 Å². The van der Waals surface area contributed by atoms with E-state index in [4.69, 9.17) is 0 Å². The number of hydrogen-bond donors (Lipinski definition) is 3. The number of anilines is 1. The van der Waals surface area contributed by atoms with Gasteiger partial charge in [-0.25, -0.2) is 4.39 Å². The molecule has 0 spiro atoms. The largest absolute Gasteiger partial charge is 0.352 e. The maximum absolute atomic E-state index is 13.5. The minimum absolute atomic E-state index is 0.0991. The molecule has 5 nitrogen and oxygen atoms in total. The molecule has 2 aromatic rings. The zero-order chi connectivity index (χ0) is 19.6. The highest BCUT2D eigenvalue weighted by Gasteiger charge is 2.06. The Morgan fingerprint density at radius 2 is 1.89 bits per heavy atom. The van der Waals surface area contributed by atoms with Crippen LogP contribution in [0, 0.1) is 5.82 Å². The molecule has 0 aromatic heterocycles. The highest BCUT2D eigenvalue weighted by Crippen LogP contribution is 2.16. The Labute approximate surface area is 163 Å². The van der Waals surface area contributed by atoms with E-state index in [0.717, 1.165) is 28.1 Å². The van der Waals surface area contributed by atoms with Crippen LogP contribution in [0.3, 0.4) is 0 Å². The Kier molecular flexibility index (Phi) is 8.13. The van der Waals surface area contributed by atoms with E-state index in [1.54, 1.807) is 30.9 Å². The van der Waals surface area contributed by atoms with Gasteiger partial charge in [-0.15, -0.1) is 0 Å². The first-order chi connectivity index (χ1) is 13.0. The standard InChI is InChI=1S/C20H25FN4OS/c1-14(26)25-19-6-4-5-15(9-19)11-23-20(22-2)24-12-16-7-8-18(21)10-17(16)13-27-3/h4-10H,11-13H2,1-3H3,(H,25,26)(H2,22,23,24). The van der Waals surface area contributed by atoms with Crippen LogP contribution in [0.1, 0.15) is 23.6 Å². The topological polar surface area (TPSA) is 65.5 Å². The molecule has 2 rings (SSSR count). The fourth-order valence-corrected chi connectivity index (χ4v) is 3.18. The predicted octanol–water partition coefficient (Wildman–Crippen LogP) is 3.51. The number of nitrogens with zero attached hydrogens (tertiary/aromatic N) is 1. The minimum atomic E-state index is -0.218. The van der Waals surface area contributed by atoms with Crippen LogP contribution in [0.4, 0.5) is 10.1 Å². The molecule has 1 amide bonds. The molecule has 0 bridgehead atoms. The number of carbonyl (C=O) groups is 1. The first-order valence-electron chi connectivity index (χ1n) is 8.59. The second-order valence-electron chi connectivity index (χ2n) is 6.01. The summed E-state index contributed by atoms with van der Waals surface area (Å²) >= 11 is 1.66. The first-order valence-corrected chi connectivity index (χ1v) is 9.98. The number of thioether (sulfide) groups is 1. The molecule has 0 aliphatic heterocycles. The van der Waals surface area contributed by atoms with Gasteiger partial charge in [0.15, 0.2) is 5.96 Å². The lowest BCUT2D eigenvalue weighted by Gasteiger charge is -2.14. The number of guanidine groups is 1. The van der Waals surface area contributed by atoms with Crippen molar-refractivity contribution < 1.29 is 9.18 Å². The maximum atomic E-state index is 13.5. The Bertz CT molecular complexity index is 810. The molecule has 0 radical (unpaired) electrons. The minimum Gasteiger partial charge on any atom is -0.352 e. The van der Waals surface area contributed by atoms with Crippen LogP contribution in [-0.2, 0) is 23.6 Å². The summed E-state index contributed by atoms with van der Waals surface area (Å²) in [5.74, 6) is 1.10. The number of aliphatic imine (C=N–C) groups is 1. The number of hydrogen-bond acceptors (Lipinski definition) is 3. The number of benzene rings is 2. The molecule has 0 saturated carbocycles. The van der Waals surface area contributed by atoms with Gasteiger partial charge in [0.1, 0.15) is 5.82 Å². The van der Waals surface area contributed by atoms with Gasteiger partial charge in [-0.1, -0.05) is 18.2 Å². The molecule has 2 aromatic carbocycles. The molecular weight excluding hydrogens is 363 g/mol. The van der Waals surface area contributed by atoms with Crippen molar-refractivity contribution in [3.63, 3.8) is 0 Å². The first kappa shape index (κ1) is 20.8. The predicted molar refractivity (Wildman–Crippen MR) is 111 cm³/mol. The number of nitrogens with one attached hydrogen (secondary N) is 3. The lowest BCUT2D eigenvalue weighted by atomic mass is 10.1. The van der Waals surface area contributed by atoms with Gasteiger partial charge in [0.2, 0.25) is 5.91 Å². The van der Waals surface area contributed by atoms with Crippen LogP contribution < -0.4 is 16.0 Å².